The number of amides is 1. The molecular formula is C30H31FN2O3. The van der Waals surface area contributed by atoms with Gasteiger partial charge in [0, 0.05) is 31.7 Å². The zero-order valence-electron chi connectivity index (χ0n) is 20.7. The molecule has 1 unspecified atom stereocenters. The van der Waals surface area contributed by atoms with E-state index < -0.39 is 17.7 Å². The first-order chi connectivity index (χ1) is 17.4. The van der Waals surface area contributed by atoms with E-state index in [1.165, 1.54) is 17.0 Å². The third-order valence-electron chi connectivity index (χ3n) is 6.69. The van der Waals surface area contributed by atoms with E-state index in [4.69, 9.17) is 0 Å². The average molecular weight is 487 g/mol. The number of anilines is 1. The zero-order chi connectivity index (χ0) is 25.7. The summed E-state index contributed by atoms with van der Waals surface area (Å²) < 4.78 is 13.5. The third kappa shape index (κ3) is 5.33. The van der Waals surface area contributed by atoms with Gasteiger partial charge in [-0.3, -0.25) is 9.59 Å². The summed E-state index contributed by atoms with van der Waals surface area (Å²) in [5, 5.41) is 10.9. The molecule has 0 aromatic heterocycles. The number of halogens is 1. The Bertz CT molecular complexity index is 1230. The fourth-order valence-corrected chi connectivity index (χ4v) is 4.73. The topological polar surface area (TPSA) is 60.9 Å². The quantitative estimate of drug-likeness (QED) is 0.395. The minimum atomic E-state index is -0.725. The first-order valence-corrected chi connectivity index (χ1v) is 12.3. The molecule has 6 heteroatoms. The Kier molecular flexibility index (Phi) is 7.84. The van der Waals surface area contributed by atoms with Gasteiger partial charge in [-0.05, 0) is 61.2 Å². The molecule has 1 aliphatic heterocycles. The lowest BCUT2D eigenvalue weighted by Crippen LogP contribution is -2.30. The second-order valence-corrected chi connectivity index (χ2v) is 8.90. The molecule has 0 aliphatic carbocycles. The molecule has 0 bridgehead atoms. The van der Waals surface area contributed by atoms with Crippen LogP contribution >= 0.6 is 0 Å². The average Bonchev–Trinajstić information content (AvgIpc) is 3.15. The molecule has 0 saturated carbocycles. The maximum absolute atomic E-state index is 13.5. The molecule has 1 amide bonds. The minimum Gasteiger partial charge on any atom is -0.503 e. The summed E-state index contributed by atoms with van der Waals surface area (Å²) in [4.78, 5) is 30.3. The van der Waals surface area contributed by atoms with Crippen LogP contribution in [0.25, 0.3) is 0 Å². The summed E-state index contributed by atoms with van der Waals surface area (Å²) in [5.41, 5.74) is 3.63. The first-order valence-electron chi connectivity index (χ1n) is 12.3. The summed E-state index contributed by atoms with van der Waals surface area (Å²) in [6.07, 6.45) is 0.686. The van der Waals surface area contributed by atoms with Crippen LogP contribution in [-0.4, -0.2) is 34.8 Å². The van der Waals surface area contributed by atoms with Crippen LogP contribution in [0.4, 0.5) is 10.1 Å². The molecule has 3 aromatic rings. The Hall–Kier alpha value is -3.93. The lowest BCUT2D eigenvalue weighted by Gasteiger charge is -2.28. The molecule has 0 spiro atoms. The lowest BCUT2D eigenvalue weighted by molar-refractivity contribution is -0.130. The maximum atomic E-state index is 13.5. The molecule has 36 heavy (non-hydrogen) atoms. The van der Waals surface area contributed by atoms with E-state index >= 15 is 0 Å². The van der Waals surface area contributed by atoms with Crippen molar-refractivity contribution in [2.75, 3.05) is 18.0 Å². The molecule has 1 heterocycles. The highest BCUT2D eigenvalue weighted by Crippen LogP contribution is 2.40. The highest BCUT2D eigenvalue weighted by atomic mass is 19.1. The van der Waals surface area contributed by atoms with E-state index in [1.54, 1.807) is 12.1 Å². The number of benzene rings is 3. The summed E-state index contributed by atoms with van der Waals surface area (Å²) in [7, 11) is 0. The monoisotopic (exact) mass is 486 g/mol. The number of carbonyl (C=O) groups is 2. The van der Waals surface area contributed by atoms with Crippen LogP contribution in [0.5, 0.6) is 0 Å². The van der Waals surface area contributed by atoms with E-state index in [9.17, 15) is 19.1 Å². The van der Waals surface area contributed by atoms with E-state index in [2.05, 4.69) is 18.7 Å². The Labute approximate surface area is 211 Å². The Morgan fingerprint density at radius 2 is 1.56 bits per heavy atom. The molecular weight excluding hydrogens is 455 g/mol. The first kappa shape index (κ1) is 25.2. The van der Waals surface area contributed by atoms with Crippen molar-refractivity contribution in [3.8, 4) is 0 Å². The summed E-state index contributed by atoms with van der Waals surface area (Å²) in [5.74, 6) is -1.73. The molecule has 0 fully saturated rings. The van der Waals surface area contributed by atoms with Gasteiger partial charge in [-0.25, -0.2) is 4.39 Å². The number of aliphatic hydroxyl groups is 1. The number of nitrogens with zero attached hydrogens (tertiary/aromatic N) is 2. The molecule has 1 N–H and O–H groups in total. The molecule has 1 atom stereocenters. The van der Waals surface area contributed by atoms with Crippen molar-refractivity contribution < 1.29 is 19.1 Å². The minimum absolute atomic E-state index is 0.119. The highest BCUT2D eigenvalue weighted by Gasteiger charge is 2.43. The van der Waals surface area contributed by atoms with E-state index in [-0.39, 0.29) is 30.1 Å². The summed E-state index contributed by atoms with van der Waals surface area (Å²) in [6.45, 7) is 6.03. The van der Waals surface area contributed by atoms with Crippen LogP contribution in [-0.2, 0) is 22.6 Å². The Morgan fingerprint density at radius 1 is 0.917 bits per heavy atom. The van der Waals surface area contributed by atoms with Gasteiger partial charge in [-0.15, -0.1) is 0 Å². The SMILES string of the molecule is CCN(CC)c1ccc(C2C(C(=O)CCc3ccccc3)=C(O)C(=O)N2Cc2ccc(F)cc2)cc1. The number of Topliss-reactive ketones (excluding diaryl/α,β-unsaturated/α-hetero) is 1. The van der Waals surface area contributed by atoms with Crippen molar-refractivity contribution in [3.05, 3.63) is 113 Å². The number of hydrogen-bond acceptors (Lipinski definition) is 4. The van der Waals surface area contributed by atoms with Gasteiger partial charge < -0.3 is 14.9 Å². The van der Waals surface area contributed by atoms with Crippen LogP contribution in [0.1, 0.15) is 43.0 Å². The third-order valence-corrected chi connectivity index (χ3v) is 6.69. The predicted molar refractivity (Wildman–Crippen MR) is 139 cm³/mol. The summed E-state index contributed by atoms with van der Waals surface area (Å²) in [6, 6.07) is 22.6. The van der Waals surface area contributed by atoms with Crippen molar-refractivity contribution in [1.29, 1.82) is 0 Å². The van der Waals surface area contributed by atoms with E-state index in [0.717, 1.165) is 29.9 Å². The highest BCUT2D eigenvalue weighted by molar-refractivity contribution is 6.09. The van der Waals surface area contributed by atoms with Gasteiger partial charge in [0.25, 0.3) is 5.91 Å². The Balaban J connectivity index is 1.67. The molecule has 3 aromatic carbocycles. The van der Waals surface area contributed by atoms with Crippen LogP contribution < -0.4 is 4.90 Å². The number of hydrogen-bond donors (Lipinski definition) is 1. The van der Waals surface area contributed by atoms with Gasteiger partial charge >= 0.3 is 0 Å². The fourth-order valence-electron chi connectivity index (χ4n) is 4.73. The smallest absolute Gasteiger partial charge is 0.290 e. The maximum Gasteiger partial charge on any atom is 0.290 e. The van der Waals surface area contributed by atoms with E-state index in [0.29, 0.717) is 12.0 Å². The van der Waals surface area contributed by atoms with Crippen LogP contribution in [0.15, 0.2) is 90.2 Å². The largest absolute Gasteiger partial charge is 0.503 e. The number of aryl methyl sites for hydroxylation is 1. The van der Waals surface area contributed by atoms with Crippen molar-refractivity contribution in [3.63, 3.8) is 0 Å². The molecule has 5 nitrogen and oxygen atoms in total. The van der Waals surface area contributed by atoms with Gasteiger partial charge in [0.1, 0.15) is 5.82 Å². The van der Waals surface area contributed by atoms with Gasteiger partial charge in [0.2, 0.25) is 0 Å². The fraction of sp³-hybridized carbons (Fsp3) is 0.267. The lowest BCUT2D eigenvalue weighted by atomic mass is 9.93. The second-order valence-electron chi connectivity index (χ2n) is 8.90. The van der Waals surface area contributed by atoms with Gasteiger partial charge in [-0.2, -0.15) is 0 Å². The number of aliphatic hydroxyl groups excluding tert-OH is 1. The number of ketones is 1. The Morgan fingerprint density at radius 3 is 2.17 bits per heavy atom. The van der Waals surface area contributed by atoms with Crippen LogP contribution in [0.2, 0.25) is 0 Å². The molecule has 0 radical (unpaired) electrons. The standard InChI is InChI=1S/C30H31FN2O3/c1-3-32(4-2)25-17-13-23(14-18-25)28-27(26(34)19-12-21-8-6-5-7-9-21)29(35)30(36)33(28)20-22-10-15-24(31)16-11-22/h5-11,13-18,28,35H,3-4,12,19-20H2,1-2H3. The van der Waals surface area contributed by atoms with Gasteiger partial charge in [-0.1, -0.05) is 54.6 Å². The molecule has 1 aliphatic rings. The number of rotatable bonds is 10. The molecule has 4 rings (SSSR count). The number of carbonyl (C=O) groups excluding carboxylic acids is 2. The van der Waals surface area contributed by atoms with Crippen LogP contribution in [0, 0.1) is 5.82 Å². The van der Waals surface area contributed by atoms with Crippen molar-refractivity contribution in [2.45, 2.75) is 39.3 Å². The molecule has 0 saturated heterocycles. The normalized spacial score (nSPS) is 15.5. The van der Waals surface area contributed by atoms with E-state index in [1.807, 2.05) is 54.6 Å². The van der Waals surface area contributed by atoms with Crippen molar-refractivity contribution in [2.24, 2.45) is 0 Å². The van der Waals surface area contributed by atoms with Gasteiger partial charge in [0.05, 0.1) is 11.6 Å². The zero-order valence-corrected chi connectivity index (χ0v) is 20.7. The van der Waals surface area contributed by atoms with Crippen molar-refractivity contribution >= 4 is 17.4 Å². The predicted octanol–water partition coefficient (Wildman–Crippen LogP) is 5.77. The summed E-state index contributed by atoms with van der Waals surface area (Å²) >= 11 is 0. The van der Waals surface area contributed by atoms with Crippen molar-refractivity contribution in [1.82, 2.24) is 4.90 Å². The molecule has 186 valence electrons. The van der Waals surface area contributed by atoms with Crippen LogP contribution in [0.3, 0.4) is 0 Å². The van der Waals surface area contributed by atoms with Gasteiger partial charge in [0.15, 0.2) is 11.5 Å². The second kappa shape index (κ2) is 11.2.